The molecule has 2 aliphatic rings. The van der Waals surface area contributed by atoms with Gasteiger partial charge in [-0.25, -0.2) is 0 Å². The predicted octanol–water partition coefficient (Wildman–Crippen LogP) is 3.60. The van der Waals surface area contributed by atoms with Gasteiger partial charge in [0.15, 0.2) is 0 Å². The van der Waals surface area contributed by atoms with Gasteiger partial charge in [-0.3, -0.25) is 4.79 Å². The van der Waals surface area contributed by atoms with Crippen molar-refractivity contribution >= 4 is 16.8 Å². The summed E-state index contributed by atoms with van der Waals surface area (Å²) in [6.07, 6.45) is 5.77. The van der Waals surface area contributed by atoms with Crippen LogP contribution in [0.4, 0.5) is 0 Å². The van der Waals surface area contributed by atoms with E-state index in [9.17, 15) is 4.79 Å². The van der Waals surface area contributed by atoms with Gasteiger partial charge in [0.25, 0.3) is 0 Å². The highest BCUT2D eigenvalue weighted by molar-refractivity contribution is 6.63. The lowest BCUT2D eigenvalue weighted by Gasteiger charge is -2.38. The number of hydrogen-bond donors (Lipinski definition) is 0. The second-order valence-corrected chi connectivity index (χ2v) is 6.01. The largest absolute Gasteiger partial charge is 0.281 e. The van der Waals surface area contributed by atoms with Crippen molar-refractivity contribution < 1.29 is 4.79 Å². The molecule has 0 N–H and O–H groups in total. The normalized spacial score (nSPS) is 38.9. The van der Waals surface area contributed by atoms with E-state index in [1.165, 1.54) is 19.3 Å². The van der Waals surface area contributed by atoms with E-state index in [2.05, 4.69) is 13.8 Å². The van der Waals surface area contributed by atoms with Crippen molar-refractivity contribution in [3.8, 4) is 0 Å². The van der Waals surface area contributed by atoms with E-state index in [0.29, 0.717) is 11.8 Å². The van der Waals surface area contributed by atoms with Crippen LogP contribution in [0.1, 0.15) is 46.0 Å². The Kier molecular flexibility index (Phi) is 2.63. The molecule has 2 fully saturated rings. The van der Waals surface area contributed by atoms with Gasteiger partial charge in [-0.1, -0.05) is 13.8 Å². The first-order valence-corrected chi connectivity index (χ1v) is 6.08. The standard InChI is InChI=1S/C12H19ClO/c1-12(2)9-4-3-8(7-9)10(12)5-6-11(13)14/h8-10H,3-7H2,1-2H3. The van der Waals surface area contributed by atoms with E-state index in [1.54, 1.807) is 0 Å². The molecule has 0 aromatic rings. The van der Waals surface area contributed by atoms with Crippen molar-refractivity contribution in [1.29, 1.82) is 0 Å². The molecule has 0 aromatic carbocycles. The molecule has 80 valence electrons. The molecule has 0 aromatic heterocycles. The van der Waals surface area contributed by atoms with Gasteiger partial charge < -0.3 is 0 Å². The fourth-order valence-electron chi connectivity index (χ4n) is 3.84. The van der Waals surface area contributed by atoms with Crippen LogP contribution in [-0.2, 0) is 4.79 Å². The Bertz CT molecular complexity index is 247. The molecule has 0 heterocycles. The number of hydrogen-bond acceptors (Lipinski definition) is 1. The molecule has 0 spiro atoms. The van der Waals surface area contributed by atoms with E-state index in [0.717, 1.165) is 24.2 Å². The predicted molar refractivity (Wildman–Crippen MR) is 58.2 cm³/mol. The SMILES string of the molecule is CC1(C)C2CCC(C2)C1CCC(=O)Cl. The third-order valence-corrected chi connectivity index (χ3v) is 4.89. The highest BCUT2D eigenvalue weighted by Gasteiger charge is 2.51. The van der Waals surface area contributed by atoms with E-state index >= 15 is 0 Å². The summed E-state index contributed by atoms with van der Waals surface area (Å²) in [5.41, 5.74) is 0.454. The minimum Gasteiger partial charge on any atom is -0.281 e. The first-order valence-electron chi connectivity index (χ1n) is 5.70. The molecule has 2 bridgehead atoms. The third kappa shape index (κ3) is 1.60. The van der Waals surface area contributed by atoms with Gasteiger partial charge in [-0.2, -0.15) is 0 Å². The summed E-state index contributed by atoms with van der Waals surface area (Å²) in [6, 6.07) is 0. The molecule has 2 aliphatic carbocycles. The van der Waals surface area contributed by atoms with Crippen LogP contribution < -0.4 is 0 Å². The van der Waals surface area contributed by atoms with Crippen LogP contribution in [0.25, 0.3) is 0 Å². The number of carbonyl (C=O) groups is 1. The van der Waals surface area contributed by atoms with Crippen LogP contribution in [0.15, 0.2) is 0 Å². The van der Waals surface area contributed by atoms with E-state index in [-0.39, 0.29) is 5.24 Å². The van der Waals surface area contributed by atoms with Crippen molar-refractivity contribution in [3.05, 3.63) is 0 Å². The average molecular weight is 215 g/mol. The Morgan fingerprint density at radius 1 is 1.43 bits per heavy atom. The summed E-state index contributed by atoms with van der Waals surface area (Å²) >= 11 is 5.41. The Hall–Kier alpha value is -0.0400. The zero-order valence-corrected chi connectivity index (χ0v) is 9.81. The summed E-state index contributed by atoms with van der Waals surface area (Å²) in [5, 5.41) is -0.163. The van der Waals surface area contributed by atoms with E-state index in [1.807, 2.05) is 0 Å². The maximum Gasteiger partial charge on any atom is 0.221 e. The van der Waals surface area contributed by atoms with Gasteiger partial charge in [0, 0.05) is 6.42 Å². The maximum absolute atomic E-state index is 10.8. The Balaban J connectivity index is 2.01. The summed E-state index contributed by atoms with van der Waals surface area (Å²) in [6.45, 7) is 4.75. The van der Waals surface area contributed by atoms with Gasteiger partial charge in [-0.05, 0) is 60.5 Å². The second-order valence-electron chi connectivity index (χ2n) is 5.59. The lowest BCUT2D eigenvalue weighted by atomic mass is 9.67. The van der Waals surface area contributed by atoms with Crippen LogP contribution in [0.5, 0.6) is 0 Å². The van der Waals surface area contributed by atoms with Crippen molar-refractivity contribution in [1.82, 2.24) is 0 Å². The lowest BCUT2D eigenvalue weighted by molar-refractivity contribution is -0.112. The lowest BCUT2D eigenvalue weighted by Crippen LogP contribution is -2.30. The van der Waals surface area contributed by atoms with E-state index in [4.69, 9.17) is 11.6 Å². The summed E-state index contributed by atoms with van der Waals surface area (Å²) in [7, 11) is 0. The van der Waals surface area contributed by atoms with Gasteiger partial charge >= 0.3 is 0 Å². The fraction of sp³-hybridized carbons (Fsp3) is 0.917. The van der Waals surface area contributed by atoms with Gasteiger partial charge in [0.05, 0.1) is 0 Å². The minimum atomic E-state index is -0.163. The summed E-state index contributed by atoms with van der Waals surface area (Å²) < 4.78 is 0. The van der Waals surface area contributed by atoms with Gasteiger partial charge in [-0.15, -0.1) is 0 Å². The van der Waals surface area contributed by atoms with Crippen molar-refractivity contribution in [3.63, 3.8) is 0 Å². The molecular weight excluding hydrogens is 196 g/mol. The van der Waals surface area contributed by atoms with Gasteiger partial charge in [0.1, 0.15) is 0 Å². The quantitative estimate of drug-likeness (QED) is 0.656. The molecule has 2 heteroatoms. The van der Waals surface area contributed by atoms with Crippen LogP contribution >= 0.6 is 11.6 Å². The second kappa shape index (κ2) is 3.52. The van der Waals surface area contributed by atoms with Crippen molar-refractivity contribution in [2.24, 2.45) is 23.2 Å². The van der Waals surface area contributed by atoms with Crippen LogP contribution in [0, 0.1) is 23.2 Å². The monoisotopic (exact) mass is 214 g/mol. The molecule has 1 nitrogen and oxygen atoms in total. The number of carbonyl (C=O) groups excluding carboxylic acids is 1. The number of rotatable bonds is 3. The smallest absolute Gasteiger partial charge is 0.221 e. The molecular formula is C12H19ClO. The molecule has 0 radical (unpaired) electrons. The molecule has 0 amide bonds. The summed E-state index contributed by atoms with van der Waals surface area (Å²) in [5.74, 6) is 2.53. The molecule has 2 rings (SSSR count). The van der Waals surface area contributed by atoms with Crippen LogP contribution in [-0.4, -0.2) is 5.24 Å². The van der Waals surface area contributed by atoms with Crippen LogP contribution in [0.2, 0.25) is 0 Å². The molecule has 0 saturated heterocycles. The zero-order chi connectivity index (χ0) is 10.3. The number of halogens is 1. The average Bonchev–Trinajstić information content (AvgIpc) is 2.59. The highest BCUT2D eigenvalue weighted by Crippen LogP contribution is 2.60. The van der Waals surface area contributed by atoms with Crippen LogP contribution in [0.3, 0.4) is 0 Å². The molecule has 2 saturated carbocycles. The van der Waals surface area contributed by atoms with Crippen molar-refractivity contribution in [2.75, 3.05) is 0 Å². The highest BCUT2D eigenvalue weighted by atomic mass is 35.5. The topological polar surface area (TPSA) is 17.1 Å². The summed E-state index contributed by atoms with van der Waals surface area (Å²) in [4.78, 5) is 10.8. The molecule has 3 atom stereocenters. The zero-order valence-electron chi connectivity index (χ0n) is 9.05. The Labute approximate surface area is 91.2 Å². The maximum atomic E-state index is 10.8. The van der Waals surface area contributed by atoms with E-state index < -0.39 is 0 Å². The third-order valence-electron chi connectivity index (χ3n) is 4.70. The Morgan fingerprint density at radius 3 is 2.64 bits per heavy atom. The fourth-order valence-corrected chi connectivity index (χ4v) is 3.95. The molecule has 0 aliphatic heterocycles. The number of fused-ring (bicyclic) bond motifs is 2. The minimum absolute atomic E-state index is 0.163. The van der Waals surface area contributed by atoms with Crippen molar-refractivity contribution in [2.45, 2.75) is 46.0 Å². The first kappa shape index (κ1) is 10.5. The van der Waals surface area contributed by atoms with Gasteiger partial charge in [0.2, 0.25) is 5.24 Å². The molecule has 14 heavy (non-hydrogen) atoms. The Morgan fingerprint density at radius 2 is 2.14 bits per heavy atom. The first-order chi connectivity index (χ1) is 6.51. The molecule has 3 unspecified atom stereocenters.